The Labute approximate surface area is 96.4 Å². The fraction of sp³-hybridized carbons (Fsp3) is 1.00. The first-order valence-corrected chi connectivity index (χ1v) is 6.78. The third-order valence-electron chi connectivity index (χ3n) is 3.97. The van der Waals surface area contributed by atoms with Crippen LogP contribution in [0.15, 0.2) is 0 Å². The van der Waals surface area contributed by atoms with E-state index in [1.165, 1.54) is 38.5 Å². The van der Waals surface area contributed by atoms with Crippen LogP contribution in [-0.2, 0) is 4.65 Å². The van der Waals surface area contributed by atoms with E-state index in [4.69, 9.17) is 0 Å². The van der Waals surface area contributed by atoms with Crippen LogP contribution in [0.1, 0.15) is 64.2 Å². The molecule has 15 heavy (non-hydrogen) atoms. The predicted molar refractivity (Wildman–Crippen MR) is 68.7 cm³/mol. The Bertz CT molecular complexity index is 121. The molecule has 2 rings (SSSR count). The van der Waals surface area contributed by atoms with Crippen LogP contribution in [0.3, 0.4) is 0 Å². The lowest BCUT2D eigenvalue weighted by Gasteiger charge is -2.32. The Hall–Kier alpha value is 0.0249. The molecule has 88 valence electrons. The van der Waals surface area contributed by atoms with Gasteiger partial charge in [-0.3, -0.25) is 0 Å². The highest BCUT2D eigenvalue weighted by atomic mass is 16.4. The van der Waals surface area contributed by atoms with Gasteiger partial charge in [-0.05, 0) is 11.8 Å². The summed E-state index contributed by atoms with van der Waals surface area (Å²) in [6, 6.07) is 0. The molecule has 0 N–H and O–H groups in total. The standard InChI is InChI=1S/C12H22.CH5BO/c1-3-7-11(8-4-1)12-9-5-2-6-10-12;1-3-2/h11-12H,1-10H2;2H2,1H3. The van der Waals surface area contributed by atoms with Gasteiger partial charge in [0.2, 0.25) is 0 Å². The van der Waals surface area contributed by atoms with Crippen molar-refractivity contribution in [3.05, 3.63) is 0 Å². The first-order chi connectivity index (χ1) is 7.38. The van der Waals surface area contributed by atoms with Crippen molar-refractivity contribution < 1.29 is 4.65 Å². The van der Waals surface area contributed by atoms with Crippen molar-refractivity contribution in [2.75, 3.05) is 7.11 Å². The normalized spacial score (nSPS) is 24.3. The summed E-state index contributed by atoms with van der Waals surface area (Å²) >= 11 is 0. The zero-order valence-corrected chi connectivity index (χ0v) is 10.6. The van der Waals surface area contributed by atoms with Gasteiger partial charge < -0.3 is 4.65 Å². The third-order valence-corrected chi connectivity index (χ3v) is 3.97. The summed E-state index contributed by atoms with van der Waals surface area (Å²) in [5, 5.41) is 0. The molecule has 0 unspecified atom stereocenters. The van der Waals surface area contributed by atoms with E-state index in [0.29, 0.717) is 0 Å². The van der Waals surface area contributed by atoms with Gasteiger partial charge >= 0.3 is 0 Å². The third kappa shape index (κ3) is 5.06. The summed E-state index contributed by atoms with van der Waals surface area (Å²) in [6.45, 7) is 0. The Morgan fingerprint density at radius 1 is 0.733 bits per heavy atom. The van der Waals surface area contributed by atoms with E-state index in [1.54, 1.807) is 40.8 Å². The fourth-order valence-electron chi connectivity index (χ4n) is 3.21. The molecule has 0 heterocycles. The summed E-state index contributed by atoms with van der Waals surface area (Å²) in [7, 11) is 3.25. The maximum atomic E-state index is 4.25. The Morgan fingerprint density at radius 2 is 1.00 bits per heavy atom. The van der Waals surface area contributed by atoms with Crippen molar-refractivity contribution in [3.63, 3.8) is 0 Å². The quantitative estimate of drug-likeness (QED) is 0.603. The van der Waals surface area contributed by atoms with Gasteiger partial charge in [0.05, 0.1) is 0 Å². The molecule has 2 aliphatic carbocycles. The molecule has 0 radical (unpaired) electrons. The van der Waals surface area contributed by atoms with E-state index in [9.17, 15) is 0 Å². The molecule has 0 aromatic heterocycles. The molecule has 0 aromatic carbocycles. The van der Waals surface area contributed by atoms with Gasteiger partial charge in [-0.1, -0.05) is 64.2 Å². The van der Waals surface area contributed by atoms with E-state index >= 15 is 0 Å². The minimum Gasteiger partial charge on any atom is -0.447 e. The molecule has 0 aliphatic heterocycles. The molecule has 2 heteroatoms. The largest absolute Gasteiger partial charge is 0.447 e. The molecule has 2 aliphatic rings. The lowest BCUT2D eigenvalue weighted by atomic mass is 9.73. The summed E-state index contributed by atoms with van der Waals surface area (Å²) in [5.41, 5.74) is 0. The maximum absolute atomic E-state index is 4.25. The van der Waals surface area contributed by atoms with Gasteiger partial charge in [0, 0.05) is 7.11 Å². The molecule has 0 amide bonds. The van der Waals surface area contributed by atoms with Crippen molar-refractivity contribution in [2.45, 2.75) is 64.2 Å². The number of hydrogen-bond donors (Lipinski definition) is 0. The molecular weight excluding hydrogens is 183 g/mol. The molecule has 1 nitrogen and oxygen atoms in total. The molecule has 0 saturated heterocycles. The van der Waals surface area contributed by atoms with Gasteiger partial charge in [-0.25, -0.2) is 0 Å². The first-order valence-electron chi connectivity index (χ1n) is 6.78. The number of hydrogen-bond acceptors (Lipinski definition) is 1. The van der Waals surface area contributed by atoms with Crippen LogP contribution in [0.25, 0.3) is 0 Å². The van der Waals surface area contributed by atoms with Gasteiger partial charge in [0.25, 0.3) is 8.05 Å². The molecule has 0 bridgehead atoms. The van der Waals surface area contributed by atoms with Crippen molar-refractivity contribution in [1.29, 1.82) is 0 Å². The molecule has 0 atom stereocenters. The smallest absolute Gasteiger partial charge is 0.256 e. The zero-order valence-electron chi connectivity index (χ0n) is 10.6. The van der Waals surface area contributed by atoms with Crippen LogP contribution in [0.5, 0.6) is 0 Å². The second kappa shape index (κ2) is 8.21. The molecule has 2 fully saturated rings. The summed E-state index contributed by atoms with van der Waals surface area (Å²) in [5.74, 6) is 2.28. The van der Waals surface area contributed by atoms with Crippen molar-refractivity contribution in [2.24, 2.45) is 11.8 Å². The summed E-state index contributed by atoms with van der Waals surface area (Å²) < 4.78 is 4.25. The van der Waals surface area contributed by atoms with E-state index in [0.717, 1.165) is 11.8 Å². The van der Waals surface area contributed by atoms with Crippen LogP contribution < -0.4 is 0 Å². The fourth-order valence-corrected chi connectivity index (χ4v) is 3.21. The minimum atomic E-state index is 1.14. The van der Waals surface area contributed by atoms with Gasteiger partial charge in [-0.2, -0.15) is 0 Å². The van der Waals surface area contributed by atoms with Gasteiger partial charge in [0.1, 0.15) is 0 Å². The minimum absolute atomic E-state index is 1.14. The monoisotopic (exact) mass is 210 g/mol. The summed E-state index contributed by atoms with van der Waals surface area (Å²) in [6.07, 6.45) is 15.4. The average molecular weight is 210 g/mol. The molecule has 2 saturated carbocycles. The Balaban J connectivity index is 0.000000337. The highest BCUT2D eigenvalue weighted by molar-refractivity contribution is 5.97. The van der Waals surface area contributed by atoms with Crippen LogP contribution in [0, 0.1) is 11.8 Å². The van der Waals surface area contributed by atoms with Gasteiger partial charge in [0.15, 0.2) is 0 Å². The average Bonchev–Trinajstić information content (AvgIpc) is 2.32. The number of rotatable bonds is 1. The highest BCUT2D eigenvalue weighted by Crippen LogP contribution is 2.37. The Kier molecular flexibility index (Phi) is 7.16. The zero-order chi connectivity index (χ0) is 10.9. The lowest BCUT2D eigenvalue weighted by Crippen LogP contribution is -2.20. The van der Waals surface area contributed by atoms with Gasteiger partial charge in [-0.15, -0.1) is 0 Å². The molecule has 0 spiro atoms. The van der Waals surface area contributed by atoms with Crippen molar-refractivity contribution >= 4 is 8.05 Å². The van der Waals surface area contributed by atoms with Crippen LogP contribution >= 0.6 is 0 Å². The van der Waals surface area contributed by atoms with E-state index in [1.807, 2.05) is 0 Å². The van der Waals surface area contributed by atoms with E-state index in [-0.39, 0.29) is 0 Å². The second-order valence-electron chi connectivity index (χ2n) is 5.20. The summed E-state index contributed by atoms with van der Waals surface area (Å²) in [4.78, 5) is 0. The maximum Gasteiger partial charge on any atom is 0.256 e. The molecular formula is C13H27BO. The van der Waals surface area contributed by atoms with Crippen molar-refractivity contribution in [3.8, 4) is 0 Å². The topological polar surface area (TPSA) is 9.23 Å². The lowest BCUT2D eigenvalue weighted by molar-refractivity contribution is 0.196. The molecule has 0 aromatic rings. The Morgan fingerprint density at radius 3 is 1.27 bits per heavy atom. The van der Waals surface area contributed by atoms with Crippen molar-refractivity contribution in [1.82, 2.24) is 0 Å². The van der Waals surface area contributed by atoms with E-state index < -0.39 is 0 Å². The predicted octanol–water partition coefficient (Wildman–Crippen LogP) is 3.33. The van der Waals surface area contributed by atoms with E-state index in [2.05, 4.69) is 4.65 Å². The van der Waals surface area contributed by atoms with Crippen LogP contribution in [-0.4, -0.2) is 15.2 Å². The second-order valence-corrected chi connectivity index (χ2v) is 5.20. The van der Waals surface area contributed by atoms with Crippen LogP contribution in [0.4, 0.5) is 0 Å². The highest BCUT2D eigenvalue weighted by Gasteiger charge is 2.24. The van der Waals surface area contributed by atoms with Crippen LogP contribution in [0.2, 0.25) is 0 Å². The first kappa shape index (κ1) is 13.1. The SMILES string of the molecule is BOC.C1CCC(C2CCCCC2)CC1.